The Hall–Kier alpha value is -9.97. The molecule has 0 saturated heterocycles. The van der Waals surface area contributed by atoms with E-state index in [1.54, 1.807) is 11.8 Å². The highest BCUT2D eigenvalue weighted by molar-refractivity contribution is 8.00. The van der Waals surface area contributed by atoms with Gasteiger partial charge in [0.2, 0.25) is 11.8 Å². The lowest BCUT2D eigenvalue weighted by atomic mass is 9.81. The van der Waals surface area contributed by atoms with Gasteiger partial charge in [0.1, 0.15) is 11.0 Å². The Labute approximate surface area is 497 Å². The molecule has 0 atom stereocenters. The molecule has 84 heavy (non-hydrogen) atoms. The molecule has 3 aliphatic heterocycles. The third-order valence-electron chi connectivity index (χ3n) is 15.9. The summed E-state index contributed by atoms with van der Waals surface area (Å²) in [5.74, 6) is 0.904. The quantitative estimate of drug-likeness (QED) is 0.147. The number of rotatable bonds is 8. The van der Waals surface area contributed by atoms with Crippen LogP contribution < -0.4 is 14.7 Å². The number of oxazole rings is 2. The Balaban J connectivity index is 1.00. The molecule has 5 heterocycles. The molecule has 0 radical (unpaired) electrons. The molecule has 0 N–H and O–H groups in total. The molecule has 2 aromatic heterocycles. The molecule has 0 unspecified atom stereocenters. The highest BCUT2D eigenvalue weighted by Crippen LogP contribution is 2.58. The Bertz CT molecular complexity index is 4770. The zero-order valence-electron chi connectivity index (χ0n) is 44.8. The third kappa shape index (κ3) is 8.08. The highest BCUT2D eigenvalue weighted by atomic mass is 32.2. The molecule has 0 aliphatic carbocycles. The zero-order chi connectivity index (χ0) is 55.2. The number of para-hydroxylation sites is 10. The molecule has 0 saturated carbocycles. The number of hydrogen-bond donors (Lipinski definition) is 0. The van der Waals surface area contributed by atoms with Crippen LogP contribution in [0.5, 0.6) is 0 Å². The molecule has 17 rings (SSSR count). The first kappa shape index (κ1) is 48.7. The average Bonchev–Trinajstić information content (AvgIpc) is 2.16. The van der Waals surface area contributed by atoms with Crippen LogP contribution in [0, 0.1) is 0 Å². The van der Waals surface area contributed by atoms with Crippen molar-refractivity contribution in [2.45, 2.75) is 29.4 Å². The number of benzene rings is 12. The number of fused-ring (bicyclic) bond motifs is 8. The van der Waals surface area contributed by atoms with Crippen LogP contribution >= 0.6 is 35.3 Å². The van der Waals surface area contributed by atoms with E-state index in [1.807, 2.05) is 72.1 Å². The van der Waals surface area contributed by atoms with Crippen molar-refractivity contribution in [1.82, 2.24) is 9.97 Å². The van der Waals surface area contributed by atoms with Gasteiger partial charge in [-0.2, -0.15) is 0 Å². The number of anilines is 9. The van der Waals surface area contributed by atoms with Crippen molar-refractivity contribution in [2.75, 3.05) is 14.7 Å². The number of hydrogen-bond acceptors (Lipinski definition) is 10. The van der Waals surface area contributed by atoms with E-state index in [9.17, 15) is 0 Å². The van der Waals surface area contributed by atoms with E-state index in [2.05, 4.69) is 239 Å². The fraction of sp³-hybridized carbons (Fsp3) is 0. The van der Waals surface area contributed by atoms with Crippen molar-refractivity contribution in [3.63, 3.8) is 0 Å². The molecule has 0 bridgehead atoms. The number of nitrogens with zero attached hydrogens (tertiary/aromatic N) is 5. The Kier molecular flexibility index (Phi) is 11.5. The minimum absolute atomic E-state index is 0.451. The van der Waals surface area contributed by atoms with Gasteiger partial charge in [-0.05, 0) is 167 Å². The largest absolute Gasteiger partial charge is 0.436 e. The van der Waals surface area contributed by atoms with Crippen LogP contribution in [0.15, 0.2) is 311 Å². The minimum Gasteiger partial charge on any atom is -0.436 e. The van der Waals surface area contributed by atoms with Crippen molar-refractivity contribution in [3.8, 4) is 56.3 Å². The maximum absolute atomic E-state index is 7.08. The van der Waals surface area contributed by atoms with E-state index in [4.69, 9.17) is 18.8 Å². The first-order valence-corrected chi connectivity index (χ1v) is 30.3. The van der Waals surface area contributed by atoms with Crippen LogP contribution in [0.4, 0.5) is 51.2 Å². The zero-order valence-corrected chi connectivity index (χ0v) is 47.2. The van der Waals surface area contributed by atoms with Gasteiger partial charge in [-0.1, -0.05) is 169 Å². The van der Waals surface area contributed by atoms with E-state index in [0.29, 0.717) is 22.9 Å². The summed E-state index contributed by atoms with van der Waals surface area (Å²) in [6.45, 7) is 0. The third-order valence-corrected chi connectivity index (χ3v) is 19.2. The van der Waals surface area contributed by atoms with Crippen molar-refractivity contribution in [2.24, 2.45) is 0 Å². The van der Waals surface area contributed by atoms with Crippen LogP contribution in [-0.4, -0.2) is 9.97 Å². The van der Waals surface area contributed by atoms with Crippen LogP contribution in [0.25, 0.3) is 78.5 Å². The maximum atomic E-state index is 7.08. The van der Waals surface area contributed by atoms with Gasteiger partial charge in [0.15, 0.2) is 11.2 Å². The standard InChI is InChI=1S/C74H45N5O2S3/c1-9-34-62-54(26-1)75-73(80-62)53-45-52(46-20-17-23-49(42-46)77-56-28-3-11-36-64(56)82-65-37-12-4-29-57(65)77)70(47-21-18-24-50(43-47)78-58-30-5-13-38-66(58)83-67-39-14-6-31-59(67)78)71(72(53)74-76-55-27-2-10-35-63(55)81-74)48-22-19-25-51(44-48)79-60-32-7-15-40-68(60)84-69-41-16-8-33-61(69)79/h1-45H. The molecule has 396 valence electrons. The van der Waals surface area contributed by atoms with Crippen LogP contribution in [0.1, 0.15) is 0 Å². The monoisotopic (exact) mass is 1130 g/mol. The lowest BCUT2D eigenvalue weighted by Gasteiger charge is -2.34. The van der Waals surface area contributed by atoms with Gasteiger partial charge in [-0.15, -0.1) is 0 Å². The summed E-state index contributed by atoms with van der Waals surface area (Å²) in [6.07, 6.45) is 0. The SMILES string of the molecule is c1cc(-c2cc(-c3nc4ccccc4o3)c(-c3nc4ccccc4o3)c(-c3cccc(N4c5ccccc5Sc5ccccc54)c3)c2-c2cccc(N3c4ccccc4Sc4ccccc43)c2)cc(N2c3ccccc3Sc3ccccc32)c1. The summed E-state index contributed by atoms with van der Waals surface area (Å²) < 4.78 is 14.0. The summed E-state index contributed by atoms with van der Waals surface area (Å²) in [6, 6.07) is 97.4. The Morgan fingerprint density at radius 3 is 1.01 bits per heavy atom. The molecular weight excluding hydrogens is 1090 g/mol. The van der Waals surface area contributed by atoms with Crippen LogP contribution in [0.3, 0.4) is 0 Å². The van der Waals surface area contributed by atoms with Crippen molar-refractivity contribution in [3.05, 3.63) is 273 Å². The molecule has 7 nitrogen and oxygen atoms in total. The first-order valence-electron chi connectivity index (χ1n) is 27.9. The molecular formula is C74H45N5O2S3. The van der Waals surface area contributed by atoms with Gasteiger partial charge in [-0.3, -0.25) is 0 Å². The van der Waals surface area contributed by atoms with Crippen LogP contribution in [0.2, 0.25) is 0 Å². The van der Waals surface area contributed by atoms with Gasteiger partial charge >= 0.3 is 0 Å². The second kappa shape index (κ2) is 19.9. The number of aromatic nitrogens is 2. The first-order chi connectivity index (χ1) is 41.6. The minimum atomic E-state index is 0.451. The lowest BCUT2D eigenvalue weighted by Crippen LogP contribution is -2.15. The predicted octanol–water partition coefficient (Wildman–Crippen LogP) is 22.1. The van der Waals surface area contributed by atoms with Crippen molar-refractivity contribution < 1.29 is 8.83 Å². The van der Waals surface area contributed by atoms with E-state index in [-0.39, 0.29) is 0 Å². The maximum Gasteiger partial charge on any atom is 0.228 e. The fourth-order valence-corrected chi connectivity index (χ4v) is 15.4. The lowest BCUT2D eigenvalue weighted by molar-refractivity contribution is 0.611. The molecule has 0 spiro atoms. The second-order valence-electron chi connectivity index (χ2n) is 20.8. The molecule has 3 aliphatic rings. The predicted molar refractivity (Wildman–Crippen MR) is 345 cm³/mol. The summed E-state index contributed by atoms with van der Waals surface area (Å²) in [5, 5.41) is 0. The summed E-state index contributed by atoms with van der Waals surface area (Å²) >= 11 is 5.42. The smallest absolute Gasteiger partial charge is 0.228 e. The fourth-order valence-electron chi connectivity index (χ4n) is 12.2. The highest BCUT2D eigenvalue weighted by Gasteiger charge is 2.33. The molecule has 0 fully saturated rings. The van der Waals surface area contributed by atoms with E-state index < -0.39 is 0 Å². The van der Waals surface area contributed by atoms with Gasteiger partial charge < -0.3 is 23.5 Å². The van der Waals surface area contributed by atoms with Gasteiger partial charge in [0.05, 0.1) is 45.3 Å². The normalized spacial score (nSPS) is 13.0. The topological polar surface area (TPSA) is 61.8 Å². The van der Waals surface area contributed by atoms with Crippen LogP contribution in [-0.2, 0) is 0 Å². The van der Waals surface area contributed by atoms with E-state index >= 15 is 0 Å². The second-order valence-corrected chi connectivity index (χ2v) is 24.1. The van der Waals surface area contributed by atoms with Gasteiger partial charge in [0.25, 0.3) is 0 Å². The van der Waals surface area contributed by atoms with Crippen molar-refractivity contribution >= 4 is 109 Å². The molecule has 14 aromatic rings. The average molecular weight is 1130 g/mol. The molecule has 10 heteroatoms. The molecule has 0 amide bonds. The van der Waals surface area contributed by atoms with Gasteiger partial charge in [-0.25, -0.2) is 9.97 Å². The Morgan fingerprint density at radius 1 is 0.262 bits per heavy atom. The summed E-state index contributed by atoms with van der Waals surface area (Å²) in [4.78, 5) is 25.1. The van der Waals surface area contributed by atoms with Crippen molar-refractivity contribution in [1.29, 1.82) is 0 Å². The van der Waals surface area contributed by atoms with Gasteiger partial charge in [0, 0.05) is 52.0 Å². The molecule has 12 aromatic carbocycles. The van der Waals surface area contributed by atoms with E-state index in [1.165, 1.54) is 29.4 Å². The summed E-state index contributed by atoms with van der Waals surface area (Å²) in [7, 11) is 0. The Morgan fingerprint density at radius 2 is 0.595 bits per heavy atom. The van der Waals surface area contributed by atoms with E-state index in [0.717, 1.165) is 107 Å². The summed E-state index contributed by atoms with van der Waals surface area (Å²) in [5.41, 5.74) is 20.0.